The van der Waals surface area contributed by atoms with Crippen molar-refractivity contribution in [2.24, 2.45) is 0 Å². The van der Waals surface area contributed by atoms with Gasteiger partial charge < -0.3 is 19.8 Å². The van der Waals surface area contributed by atoms with Crippen LogP contribution in [-0.2, 0) is 16.1 Å². The highest BCUT2D eigenvalue weighted by Gasteiger charge is 2.29. The lowest BCUT2D eigenvalue weighted by molar-refractivity contribution is -0.0736. The molecule has 2 aromatic rings. The Bertz CT molecular complexity index is 816. The van der Waals surface area contributed by atoms with Gasteiger partial charge in [0.15, 0.2) is 0 Å². The van der Waals surface area contributed by atoms with Crippen LogP contribution < -0.4 is 10.9 Å². The molecule has 1 aromatic heterocycles. The summed E-state index contributed by atoms with van der Waals surface area (Å²) in [6.45, 7) is 4.98. The molecular formula is C20H24N2O4. The molecule has 0 bridgehead atoms. The summed E-state index contributed by atoms with van der Waals surface area (Å²) in [7, 11) is 0. The molecule has 2 atom stereocenters. The highest BCUT2D eigenvalue weighted by Crippen LogP contribution is 2.15. The second kappa shape index (κ2) is 8.29. The molecule has 6 nitrogen and oxygen atoms in total. The van der Waals surface area contributed by atoms with Crippen molar-refractivity contribution in [1.29, 1.82) is 0 Å². The van der Waals surface area contributed by atoms with E-state index in [2.05, 4.69) is 10.3 Å². The number of carbonyl (C=O) groups is 1. The Kier molecular flexibility index (Phi) is 5.85. The van der Waals surface area contributed by atoms with E-state index >= 15 is 0 Å². The van der Waals surface area contributed by atoms with Crippen molar-refractivity contribution in [2.45, 2.75) is 39.0 Å². The van der Waals surface area contributed by atoms with E-state index < -0.39 is 0 Å². The number of H-pyrrole nitrogens is 1. The molecule has 0 aliphatic carbocycles. The first-order valence-electron chi connectivity index (χ1n) is 8.79. The molecule has 0 radical (unpaired) electrons. The quantitative estimate of drug-likeness (QED) is 0.860. The van der Waals surface area contributed by atoms with Gasteiger partial charge in [0.2, 0.25) is 0 Å². The average molecular weight is 356 g/mol. The summed E-state index contributed by atoms with van der Waals surface area (Å²) in [5.74, 6) is -0.371. The molecular weight excluding hydrogens is 332 g/mol. The summed E-state index contributed by atoms with van der Waals surface area (Å²) in [4.78, 5) is 27.5. The standard InChI is InChI=1S/C20H24N2O4/c1-13-10-14(2)21-19(23)18(13)20(24)22-16-8-9-25-12-17(16)26-11-15-6-4-3-5-7-15/h3-7,10,16-17H,8-9,11-12H2,1-2H3,(H,21,23)(H,22,24)/t16-,17-/m1/s1. The normalized spacial score (nSPS) is 19.9. The molecule has 1 amide bonds. The van der Waals surface area contributed by atoms with Crippen molar-refractivity contribution < 1.29 is 14.3 Å². The zero-order valence-corrected chi connectivity index (χ0v) is 15.1. The fourth-order valence-corrected chi connectivity index (χ4v) is 3.20. The molecule has 1 saturated heterocycles. The number of aromatic nitrogens is 1. The largest absolute Gasteiger partial charge is 0.379 e. The number of amides is 1. The van der Waals surface area contributed by atoms with Crippen molar-refractivity contribution in [3.05, 3.63) is 69.1 Å². The maximum atomic E-state index is 12.7. The molecule has 2 heterocycles. The van der Waals surface area contributed by atoms with Crippen LogP contribution in [0.4, 0.5) is 0 Å². The van der Waals surface area contributed by atoms with E-state index in [1.165, 1.54) is 0 Å². The number of aryl methyl sites for hydroxylation is 2. The van der Waals surface area contributed by atoms with Crippen LogP contribution in [0.3, 0.4) is 0 Å². The fourth-order valence-electron chi connectivity index (χ4n) is 3.20. The van der Waals surface area contributed by atoms with Crippen molar-refractivity contribution in [3.63, 3.8) is 0 Å². The van der Waals surface area contributed by atoms with Crippen molar-refractivity contribution in [2.75, 3.05) is 13.2 Å². The molecule has 0 unspecified atom stereocenters. The van der Waals surface area contributed by atoms with Crippen molar-refractivity contribution in [1.82, 2.24) is 10.3 Å². The van der Waals surface area contributed by atoms with E-state index in [1.807, 2.05) is 30.3 Å². The van der Waals surface area contributed by atoms with Crippen LogP contribution in [0.15, 0.2) is 41.2 Å². The molecule has 1 aliphatic rings. The Morgan fingerprint density at radius 3 is 2.81 bits per heavy atom. The molecule has 2 N–H and O–H groups in total. The minimum atomic E-state index is -0.371. The Morgan fingerprint density at radius 2 is 2.08 bits per heavy atom. The SMILES string of the molecule is Cc1cc(C)c(C(=O)N[C@@H]2CCOC[C@H]2OCc2ccccc2)c(=O)[nH]1. The molecule has 1 aromatic carbocycles. The number of carbonyl (C=O) groups excluding carboxylic acids is 1. The third-order valence-electron chi connectivity index (χ3n) is 4.52. The van der Waals surface area contributed by atoms with Gasteiger partial charge >= 0.3 is 0 Å². The van der Waals surface area contributed by atoms with Gasteiger partial charge in [-0.3, -0.25) is 9.59 Å². The summed E-state index contributed by atoms with van der Waals surface area (Å²) >= 11 is 0. The third-order valence-corrected chi connectivity index (χ3v) is 4.52. The molecule has 3 rings (SSSR count). The van der Waals surface area contributed by atoms with Gasteiger partial charge in [-0.05, 0) is 37.5 Å². The van der Waals surface area contributed by atoms with Gasteiger partial charge in [-0.2, -0.15) is 0 Å². The Morgan fingerprint density at radius 1 is 1.31 bits per heavy atom. The van der Waals surface area contributed by atoms with E-state index in [1.54, 1.807) is 19.9 Å². The van der Waals surface area contributed by atoms with Gasteiger partial charge in [0.1, 0.15) is 11.7 Å². The van der Waals surface area contributed by atoms with Crippen molar-refractivity contribution >= 4 is 5.91 Å². The Labute approximate surface area is 152 Å². The van der Waals surface area contributed by atoms with Crippen LogP contribution in [-0.4, -0.2) is 36.3 Å². The van der Waals surface area contributed by atoms with Crippen LogP contribution in [0.2, 0.25) is 0 Å². The number of pyridine rings is 1. The topological polar surface area (TPSA) is 80.4 Å². The molecule has 6 heteroatoms. The molecule has 1 fully saturated rings. The van der Waals surface area contributed by atoms with Crippen LogP contribution in [0.1, 0.15) is 33.6 Å². The van der Waals surface area contributed by atoms with Gasteiger partial charge in [0.25, 0.3) is 11.5 Å². The Balaban J connectivity index is 1.68. The van der Waals surface area contributed by atoms with E-state index in [-0.39, 0.29) is 29.2 Å². The molecule has 138 valence electrons. The molecule has 0 saturated carbocycles. The predicted octanol–water partition coefficient (Wildman–Crippen LogP) is 2.10. The number of benzene rings is 1. The summed E-state index contributed by atoms with van der Waals surface area (Å²) < 4.78 is 11.5. The zero-order valence-electron chi connectivity index (χ0n) is 15.1. The lowest BCUT2D eigenvalue weighted by Crippen LogP contribution is -2.50. The van der Waals surface area contributed by atoms with E-state index in [9.17, 15) is 9.59 Å². The minimum Gasteiger partial charge on any atom is -0.379 e. The second-order valence-corrected chi connectivity index (χ2v) is 6.62. The van der Waals surface area contributed by atoms with E-state index in [0.29, 0.717) is 31.8 Å². The number of rotatable bonds is 5. The third kappa shape index (κ3) is 4.39. The summed E-state index contributed by atoms with van der Waals surface area (Å²) in [5.41, 5.74) is 2.25. The number of ether oxygens (including phenoxy) is 2. The summed E-state index contributed by atoms with van der Waals surface area (Å²) in [6.07, 6.45) is 0.395. The highest BCUT2D eigenvalue weighted by atomic mass is 16.5. The average Bonchev–Trinajstić information content (AvgIpc) is 2.61. The first-order valence-corrected chi connectivity index (χ1v) is 8.79. The van der Waals surface area contributed by atoms with Gasteiger partial charge in [-0.1, -0.05) is 30.3 Å². The highest BCUT2D eigenvalue weighted by molar-refractivity contribution is 5.95. The smallest absolute Gasteiger partial charge is 0.261 e. The first-order chi connectivity index (χ1) is 12.5. The number of aromatic amines is 1. The van der Waals surface area contributed by atoms with Gasteiger partial charge in [-0.25, -0.2) is 0 Å². The molecule has 26 heavy (non-hydrogen) atoms. The molecule has 1 aliphatic heterocycles. The van der Waals surface area contributed by atoms with Gasteiger partial charge in [-0.15, -0.1) is 0 Å². The van der Waals surface area contributed by atoms with E-state index in [4.69, 9.17) is 9.47 Å². The first kappa shape index (κ1) is 18.4. The monoisotopic (exact) mass is 356 g/mol. The minimum absolute atomic E-state index is 0.156. The van der Waals surface area contributed by atoms with Crippen molar-refractivity contribution in [3.8, 4) is 0 Å². The van der Waals surface area contributed by atoms with E-state index in [0.717, 1.165) is 11.3 Å². The molecule has 0 spiro atoms. The lowest BCUT2D eigenvalue weighted by Gasteiger charge is -2.32. The second-order valence-electron chi connectivity index (χ2n) is 6.62. The van der Waals surface area contributed by atoms with Gasteiger partial charge in [0, 0.05) is 12.3 Å². The summed E-state index contributed by atoms with van der Waals surface area (Å²) in [5, 5.41) is 2.96. The summed E-state index contributed by atoms with van der Waals surface area (Å²) in [6, 6.07) is 11.5. The maximum absolute atomic E-state index is 12.7. The number of hydrogen-bond donors (Lipinski definition) is 2. The van der Waals surface area contributed by atoms with Gasteiger partial charge in [0.05, 0.1) is 19.3 Å². The van der Waals surface area contributed by atoms with Crippen LogP contribution in [0, 0.1) is 13.8 Å². The number of nitrogens with one attached hydrogen (secondary N) is 2. The maximum Gasteiger partial charge on any atom is 0.261 e. The van der Waals surface area contributed by atoms with Crippen LogP contribution in [0.25, 0.3) is 0 Å². The predicted molar refractivity (Wildman–Crippen MR) is 98.2 cm³/mol. The van der Waals surface area contributed by atoms with Crippen LogP contribution in [0.5, 0.6) is 0 Å². The fraction of sp³-hybridized carbons (Fsp3) is 0.400. The van der Waals surface area contributed by atoms with Crippen LogP contribution >= 0.6 is 0 Å². The lowest BCUT2D eigenvalue weighted by atomic mass is 10.0. The zero-order chi connectivity index (χ0) is 18.5. The Hall–Kier alpha value is -2.44. The number of hydrogen-bond acceptors (Lipinski definition) is 4.